The molecule has 1 atom stereocenters. The highest BCUT2D eigenvalue weighted by atomic mass is 16.5. The molecule has 1 aromatic heterocycles. The fraction of sp³-hybridized carbons (Fsp3) is 0.389. The summed E-state index contributed by atoms with van der Waals surface area (Å²) in [5.74, 6) is 0.694. The molecule has 1 heterocycles. The Kier molecular flexibility index (Phi) is 4.97. The van der Waals surface area contributed by atoms with Crippen molar-refractivity contribution in [1.82, 2.24) is 10.3 Å². The number of aryl methyl sites for hydroxylation is 3. The summed E-state index contributed by atoms with van der Waals surface area (Å²) in [5, 5.41) is 3.39. The van der Waals surface area contributed by atoms with Gasteiger partial charge in [0, 0.05) is 17.8 Å². The van der Waals surface area contributed by atoms with E-state index in [1.807, 2.05) is 13.1 Å². The van der Waals surface area contributed by atoms with Gasteiger partial charge in [-0.2, -0.15) is 0 Å². The van der Waals surface area contributed by atoms with Crippen molar-refractivity contribution in [3.05, 3.63) is 58.3 Å². The number of pyridine rings is 1. The standard InChI is InChI=1S/C18H24N2O/c1-12-9-13(2)16(14(3)10-12)11-17(19-4)15-7-6-8-20-18(15)21-5/h6-10,17,19H,11H2,1-5H3. The Balaban J connectivity index is 2.36. The highest BCUT2D eigenvalue weighted by Gasteiger charge is 2.17. The van der Waals surface area contributed by atoms with Gasteiger partial charge < -0.3 is 10.1 Å². The Morgan fingerprint density at radius 2 is 1.86 bits per heavy atom. The summed E-state index contributed by atoms with van der Waals surface area (Å²) in [4.78, 5) is 4.30. The van der Waals surface area contributed by atoms with Crippen LogP contribution in [0, 0.1) is 20.8 Å². The van der Waals surface area contributed by atoms with Gasteiger partial charge in [0.2, 0.25) is 5.88 Å². The predicted molar refractivity (Wildman–Crippen MR) is 86.9 cm³/mol. The largest absolute Gasteiger partial charge is 0.481 e. The molecule has 1 unspecified atom stereocenters. The summed E-state index contributed by atoms with van der Waals surface area (Å²) < 4.78 is 5.39. The Labute approximate surface area is 127 Å². The number of methoxy groups -OCH3 is 1. The molecule has 0 radical (unpaired) electrons. The Morgan fingerprint density at radius 3 is 2.43 bits per heavy atom. The van der Waals surface area contributed by atoms with Crippen LogP contribution in [-0.2, 0) is 6.42 Å². The molecule has 0 spiro atoms. The van der Waals surface area contributed by atoms with Gasteiger partial charge >= 0.3 is 0 Å². The number of rotatable bonds is 5. The summed E-state index contributed by atoms with van der Waals surface area (Å²) in [5.41, 5.74) is 6.49. The predicted octanol–water partition coefficient (Wildman–Crippen LogP) is 3.52. The molecule has 0 aliphatic carbocycles. The van der Waals surface area contributed by atoms with Gasteiger partial charge in [0.25, 0.3) is 0 Å². The second-order valence-electron chi connectivity index (χ2n) is 5.52. The van der Waals surface area contributed by atoms with E-state index < -0.39 is 0 Å². The molecule has 0 saturated carbocycles. The molecule has 0 amide bonds. The molecular formula is C18H24N2O. The van der Waals surface area contributed by atoms with Crippen LogP contribution in [0.25, 0.3) is 0 Å². The number of benzene rings is 1. The van der Waals surface area contributed by atoms with Crippen molar-refractivity contribution in [3.8, 4) is 5.88 Å². The highest BCUT2D eigenvalue weighted by molar-refractivity contribution is 5.40. The van der Waals surface area contributed by atoms with E-state index in [1.54, 1.807) is 13.3 Å². The van der Waals surface area contributed by atoms with E-state index >= 15 is 0 Å². The van der Waals surface area contributed by atoms with E-state index in [4.69, 9.17) is 4.74 Å². The molecule has 0 bridgehead atoms. The Hall–Kier alpha value is -1.87. The van der Waals surface area contributed by atoms with Gasteiger partial charge in [0.15, 0.2) is 0 Å². The zero-order valence-corrected chi connectivity index (χ0v) is 13.5. The molecular weight excluding hydrogens is 260 g/mol. The lowest BCUT2D eigenvalue weighted by Gasteiger charge is -2.21. The van der Waals surface area contributed by atoms with Crippen LogP contribution >= 0.6 is 0 Å². The summed E-state index contributed by atoms with van der Waals surface area (Å²) >= 11 is 0. The maximum atomic E-state index is 5.39. The minimum absolute atomic E-state index is 0.189. The number of likely N-dealkylation sites (N-methyl/N-ethyl adjacent to an activating group) is 1. The van der Waals surface area contributed by atoms with Gasteiger partial charge in [0.05, 0.1) is 7.11 Å². The van der Waals surface area contributed by atoms with Crippen LogP contribution < -0.4 is 10.1 Å². The summed E-state index contributed by atoms with van der Waals surface area (Å²) in [6.07, 6.45) is 2.69. The van der Waals surface area contributed by atoms with E-state index in [0.29, 0.717) is 5.88 Å². The van der Waals surface area contributed by atoms with Crippen LogP contribution in [0.1, 0.15) is 33.9 Å². The van der Waals surface area contributed by atoms with E-state index in [9.17, 15) is 0 Å². The zero-order valence-electron chi connectivity index (χ0n) is 13.5. The van der Waals surface area contributed by atoms with Crippen molar-refractivity contribution < 1.29 is 4.74 Å². The lowest BCUT2D eigenvalue weighted by atomic mass is 9.92. The van der Waals surface area contributed by atoms with Gasteiger partial charge in [-0.3, -0.25) is 0 Å². The van der Waals surface area contributed by atoms with Gasteiger partial charge in [-0.25, -0.2) is 4.98 Å². The smallest absolute Gasteiger partial charge is 0.217 e. The van der Waals surface area contributed by atoms with Gasteiger partial charge in [-0.05, 0) is 57.0 Å². The highest BCUT2D eigenvalue weighted by Crippen LogP contribution is 2.28. The van der Waals surface area contributed by atoms with E-state index in [-0.39, 0.29) is 6.04 Å². The Morgan fingerprint density at radius 1 is 1.19 bits per heavy atom. The average Bonchev–Trinajstić information content (AvgIpc) is 2.46. The fourth-order valence-corrected chi connectivity index (χ4v) is 2.94. The normalized spacial score (nSPS) is 12.2. The first-order chi connectivity index (χ1) is 10.1. The second-order valence-corrected chi connectivity index (χ2v) is 5.52. The fourth-order valence-electron chi connectivity index (χ4n) is 2.94. The third-order valence-electron chi connectivity index (χ3n) is 3.97. The first kappa shape index (κ1) is 15.5. The lowest BCUT2D eigenvalue weighted by Crippen LogP contribution is -2.21. The molecule has 112 valence electrons. The minimum Gasteiger partial charge on any atom is -0.481 e. The molecule has 3 nitrogen and oxygen atoms in total. The maximum absolute atomic E-state index is 5.39. The maximum Gasteiger partial charge on any atom is 0.217 e. The van der Waals surface area contributed by atoms with Gasteiger partial charge in [0.1, 0.15) is 0 Å². The molecule has 1 aromatic carbocycles. The van der Waals surface area contributed by atoms with Crippen molar-refractivity contribution in [1.29, 1.82) is 0 Å². The molecule has 1 N–H and O–H groups in total. The van der Waals surface area contributed by atoms with Crippen LogP contribution in [0.5, 0.6) is 5.88 Å². The zero-order chi connectivity index (χ0) is 15.4. The van der Waals surface area contributed by atoms with Crippen molar-refractivity contribution in [3.63, 3.8) is 0 Å². The van der Waals surface area contributed by atoms with Crippen LogP contribution in [0.4, 0.5) is 0 Å². The molecule has 0 aliphatic rings. The third-order valence-corrected chi connectivity index (χ3v) is 3.97. The van der Waals surface area contributed by atoms with Gasteiger partial charge in [-0.15, -0.1) is 0 Å². The molecule has 0 saturated heterocycles. The summed E-state index contributed by atoms with van der Waals surface area (Å²) in [6.45, 7) is 6.51. The average molecular weight is 284 g/mol. The minimum atomic E-state index is 0.189. The number of hydrogen-bond donors (Lipinski definition) is 1. The number of hydrogen-bond acceptors (Lipinski definition) is 3. The molecule has 3 heteroatoms. The molecule has 2 rings (SSSR count). The molecule has 0 fully saturated rings. The van der Waals surface area contributed by atoms with Crippen LogP contribution in [0.15, 0.2) is 30.5 Å². The molecule has 21 heavy (non-hydrogen) atoms. The second kappa shape index (κ2) is 6.72. The first-order valence-corrected chi connectivity index (χ1v) is 7.29. The lowest BCUT2D eigenvalue weighted by molar-refractivity contribution is 0.384. The van der Waals surface area contributed by atoms with Crippen molar-refractivity contribution in [2.75, 3.05) is 14.2 Å². The third kappa shape index (κ3) is 3.42. The van der Waals surface area contributed by atoms with Crippen LogP contribution in [-0.4, -0.2) is 19.1 Å². The number of aromatic nitrogens is 1. The van der Waals surface area contributed by atoms with Crippen LogP contribution in [0.2, 0.25) is 0 Å². The molecule has 2 aromatic rings. The van der Waals surface area contributed by atoms with E-state index in [1.165, 1.54) is 22.3 Å². The first-order valence-electron chi connectivity index (χ1n) is 7.29. The number of nitrogens with zero attached hydrogens (tertiary/aromatic N) is 1. The summed E-state index contributed by atoms with van der Waals surface area (Å²) in [6, 6.07) is 8.71. The Bertz CT molecular complexity index is 599. The number of nitrogens with one attached hydrogen (secondary N) is 1. The van der Waals surface area contributed by atoms with Crippen molar-refractivity contribution in [2.45, 2.75) is 33.2 Å². The molecule has 0 aliphatic heterocycles. The van der Waals surface area contributed by atoms with Crippen molar-refractivity contribution >= 4 is 0 Å². The van der Waals surface area contributed by atoms with Crippen LogP contribution in [0.3, 0.4) is 0 Å². The van der Waals surface area contributed by atoms with E-state index in [0.717, 1.165) is 12.0 Å². The van der Waals surface area contributed by atoms with E-state index in [2.05, 4.69) is 49.3 Å². The number of ether oxygens (including phenoxy) is 1. The quantitative estimate of drug-likeness (QED) is 0.912. The monoisotopic (exact) mass is 284 g/mol. The van der Waals surface area contributed by atoms with Gasteiger partial charge in [-0.1, -0.05) is 23.8 Å². The topological polar surface area (TPSA) is 34.2 Å². The summed E-state index contributed by atoms with van der Waals surface area (Å²) in [7, 11) is 3.65. The van der Waals surface area contributed by atoms with Crippen molar-refractivity contribution in [2.24, 2.45) is 0 Å². The SMILES string of the molecule is CNC(Cc1c(C)cc(C)cc1C)c1cccnc1OC.